The van der Waals surface area contributed by atoms with Crippen molar-refractivity contribution in [3.63, 3.8) is 0 Å². The van der Waals surface area contributed by atoms with Crippen molar-refractivity contribution in [3.05, 3.63) is 65.7 Å². The van der Waals surface area contributed by atoms with Gasteiger partial charge in [-0.1, -0.05) is 18.2 Å². The molecule has 2 heterocycles. The number of ether oxygens (including phenoxy) is 1. The molecule has 0 bridgehead atoms. The summed E-state index contributed by atoms with van der Waals surface area (Å²) in [7, 11) is 1.75. The van der Waals surface area contributed by atoms with Gasteiger partial charge in [0.25, 0.3) is 0 Å². The molecule has 0 saturated heterocycles. The van der Waals surface area contributed by atoms with Crippen LogP contribution in [0.15, 0.2) is 49.1 Å². The molecule has 2 saturated carbocycles. The standard InChI is InChI=1S/C24H28N2O2/c1-28-22-5-3-2-4-19(22)16-8-10-18(11-9-16)24(27)23-20(17-6-7-17)12-13-26-15-25-14-21(23)26/h2-5,12-18,24,27H,6-11H2,1H3. The maximum absolute atomic E-state index is 11.4. The number of fused-ring (bicyclic) bond motifs is 1. The number of aliphatic hydroxyl groups is 1. The summed E-state index contributed by atoms with van der Waals surface area (Å²) in [6.07, 6.45) is 12.2. The van der Waals surface area contributed by atoms with Crippen molar-refractivity contribution >= 4 is 5.52 Å². The Hall–Kier alpha value is -2.33. The fourth-order valence-electron chi connectivity index (χ4n) is 5.09. The number of hydrogen-bond donors (Lipinski definition) is 1. The van der Waals surface area contributed by atoms with Crippen molar-refractivity contribution in [1.82, 2.24) is 9.38 Å². The second-order valence-corrected chi connectivity index (χ2v) is 8.44. The Kier molecular flexibility index (Phi) is 4.59. The first kappa shape index (κ1) is 17.7. The second-order valence-electron chi connectivity index (χ2n) is 8.44. The number of pyridine rings is 1. The SMILES string of the molecule is COc1ccccc1C1CCC(C(O)c2c(C3CC3)ccn3cncc23)CC1. The molecule has 0 radical (unpaired) electrons. The van der Waals surface area contributed by atoms with Gasteiger partial charge in [-0.2, -0.15) is 0 Å². The second kappa shape index (κ2) is 7.25. The number of aliphatic hydroxyl groups excluding tert-OH is 1. The zero-order valence-corrected chi connectivity index (χ0v) is 16.4. The lowest BCUT2D eigenvalue weighted by molar-refractivity contribution is 0.0808. The molecule has 1 N–H and O–H groups in total. The molecular weight excluding hydrogens is 348 g/mol. The molecule has 2 aromatic heterocycles. The van der Waals surface area contributed by atoms with E-state index in [1.54, 1.807) is 7.11 Å². The molecule has 3 aromatic rings. The summed E-state index contributed by atoms with van der Waals surface area (Å²) in [5.41, 5.74) is 4.86. The van der Waals surface area contributed by atoms with E-state index in [9.17, 15) is 5.11 Å². The quantitative estimate of drug-likeness (QED) is 0.663. The highest BCUT2D eigenvalue weighted by molar-refractivity contribution is 5.59. The normalized spacial score (nSPS) is 23.6. The van der Waals surface area contributed by atoms with Crippen LogP contribution in [-0.4, -0.2) is 21.6 Å². The van der Waals surface area contributed by atoms with Crippen molar-refractivity contribution < 1.29 is 9.84 Å². The topological polar surface area (TPSA) is 46.8 Å². The molecule has 0 amide bonds. The Morgan fingerprint density at radius 3 is 2.46 bits per heavy atom. The Labute approximate surface area is 166 Å². The number of nitrogens with zero attached hydrogens (tertiary/aromatic N) is 2. The summed E-state index contributed by atoms with van der Waals surface area (Å²) < 4.78 is 7.62. The monoisotopic (exact) mass is 376 g/mol. The van der Waals surface area contributed by atoms with E-state index >= 15 is 0 Å². The minimum absolute atomic E-state index is 0.310. The van der Waals surface area contributed by atoms with Crippen LogP contribution in [0.25, 0.3) is 5.52 Å². The van der Waals surface area contributed by atoms with E-state index in [4.69, 9.17) is 4.74 Å². The van der Waals surface area contributed by atoms with E-state index in [0.29, 0.717) is 17.8 Å². The van der Waals surface area contributed by atoms with E-state index in [-0.39, 0.29) is 0 Å². The van der Waals surface area contributed by atoms with Crippen LogP contribution in [0.5, 0.6) is 5.75 Å². The molecular formula is C24H28N2O2. The van der Waals surface area contributed by atoms with Gasteiger partial charge in [0.15, 0.2) is 0 Å². The lowest BCUT2D eigenvalue weighted by Gasteiger charge is -2.33. The lowest BCUT2D eigenvalue weighted by Crippen LogP contribution is -2.21. The minimum Gasteiger partial charge on any atom is -0.496 e. The number of para-hydroxylation sites is 1. The summed E-state index contributed by atoms with van der Waals surface area (Å²) in [6.45, 7) is 0. The van der Waals surface area contributed by atoms with E-state index in [1.807, 2.05) is 23.0 Å². The van der Waals surface area contributed by atoms with E-state index in [1.165, 1.54) is 24.0 Å². The van der Waals surface area contributed by atoms with Crippen molar-refractivity contribution in [2.24, 2.45) is 5.92 Å². The Bertz CT molecular complexity index is 968. The fraction of sp³-hybridized carbons (Fsp3) is 0.458. The summed E-state index contributed by atoms with van der Waals surface area (Å²) in [5, 5.41) is 11.4. The van der Waals surface area contributed by atoms with Crippen LogP contribution < -0.4 is 4.74 Å². The third kappa shape index (κ3) is 3.10. The predicted octanol–water partition coefficient (Wildman–Crippen LogP) is 5.23. The van der Waals surface area contributed by atoms with E-state index < -0.39 is 6.10 Å². The van der Waals surface area contributed by atoms with Crippen molar-refractivity contribution in [2.75, 3.05) is 7.11 Å². The number of imidazole rings is 1. The molecule has 1 aromatic carbocycles. The van der Waals surface area contributed by atoms with Gasteiger partial charge in [-0.25, -0.2) is 4.98 Å². The molecule has 4 heteroatoms. The Balaban J connectivity index is 1.38. The molecule has 1 atom stereocenters. The van der Waals surface area contributed by atoms with E-state index in [0.717, 1.165) is 42.5 Å². The zero-order chi connectivity index (χ0) is 19.1. The highest BCUT2D eigenvalue weighted by Crippen LogP contribution is 2.48. The molecule has 2 aliphatic rings. The van der Waals surface area contributed by atoms with Gasteiger partial charge in [-0.15, -0.1) is 0 Å². The number of aromatic nitrogens is 2. The van der Waals surface area contributed by atoms with Crippen molar-refractivity contribution in [1.29, 1.82) is 0 Å². The van der Waals surface area contributed by atoms with Gasteiger partial charge >= 0.3 is 0 Å². The maximum atomic E-state index is 11.4. The minimum atomic E-state index is -0.408. The van der Waals surface area contributed by atoms with Gasteiger partial charge in [-0.3, -0.25) is 0 Å². The lowest BCUT2D eigenvalue weighted by atomic mass is 9.74. The highest BCUT2D eigenvalue weighted by atomic mass is 16.5. The molecule has 5 rings (SSSR count). The molecule has 28 heavy (non-hydrogen) atoms. The van der Waals surface area contributed by atoms with Crippen LogP contribution in [-0.2, 0) is 0 Å². The van der Waals surface area contributed by atoms with Crippen LogP contribution in [0.3, 0.4) is 0 Å². The molecule has 146 valence electrons. The first-order valence-corrected chi connectivity index (χ1v) is 10.5. The third-order valence-electron chi connectivity index (χ3n) is 6.78. The molecule has 4 nitrogen and oxygen atoms in total. The summed E-state index contributed by atoms with van der Waals surface area (Å²) in [5.74, 6) is 2.44. The first-order chi connectivity index (χ1) is 13.8. The van der Waals surface area contributed by atoms with Crippen molar-refractivity contribution in [2.45, 2.75) is 56.5 Å². The number of methoxy groups -OCH3 is 1. The average molecular weight is 377 g/mol. The Morgan fingerprint density at radius 1 is 1.00 bits per heavy atom. The molecule has 0 spiro atoms. The van der Waals surface area contributed by atoms with Crippen LogP contribution >= 0.6 is 0 Å². The van der Waals surface area contributed by atoms with Gasteiger partial charge in [0.2, 0.25) is 0 Å². The van der Waals surface area contributed by atoms with Gasteiger partial charge in [0.05, 0.1) is 31.3 Å². The van der Waals surface area contributed by atoms with E-state index in [2.05, 4.69) is 35.4 Å². The number of benzene rings is 1. The summed E-state index contributed by atoms with van der Waals surface area (Å²) >= 11 is 0. The molecule has 2 fully saturated rings. The maximum Gasteiger partial charge on any atom is 0.122 e. The van der Waals surface area contributed by atoms with Gasteiger partial charge in [0.1, 0.15) is 5.75 Å². The van der Waals surface area contributed by atoms with Crippen LogP contribution in [0, 0.1) is 5.92 Å². The number of rotatable bonds is 5. The largest absolute Gasteiger partial charge is 0.496 e. The summed E-state index contributed by atoms with van der Waals surface area (Å²) in [4.78, 5) is 4.32. The fourth-order valence-corrected chi connectivity index (χ4v) is 5.09. The first-order valence-electron chi connectivity index (χ1n) is 10.5. The van der Waals surface area contributed by atoms with Crippen molar-refractivity contribution in [3.8, 4) is 5.75 Å². The van der Waals surface area contributed by atoms with Gasteiger partial charge in [0, 0.05) is 11.8 Å². The highest BCUT2D eigenvalue weighted by Gasteiger charge is 2.34. The van der Waals surface area contributed by atoms with Gasteiger partial charge in [-0.05, 0) is 79.5 Å². The molecule has 1 unspecified atom stereocenters. The van der Waals surface area contributed by atoms with Crippen LogP contribution in [0.1, 0.15) is 73.2 Å². The van der Waals surface area contributed by atoms with Gasteiger partial charge < -0.3 is 14.2 Å². The average Bonchev–Trinajstić information content (AvgIpc) is 3.49. The third-order valence-corrected chi connectivity index (χ3v) is 6.78. The smallest absolute Gasteiger partial charge is 0.122 e. The number of hydrogen-bond acceptors (Lipinski definition) is 3. The molecule has 2 aliphatic carbocycles. The summed E-state index contributed by atoms with van der Waals surface area (Å²) in [6, 6.07) is 10.6. The predicted molar refractivity (Wildman–Crippen MR) is 110 cm³/mol. The Morgan fingerprint density at radius 2 is 1.71 bits per heavy atom. The zero-order valence-electron chi connectivity index (χ0n) is 16.4. The molecule has 0 aliphatic heterocycles. The van der Waals surface area contributed by atoms with Crippen LogP contribution in [0.2, 0.25) is 0 Å². The van der Waals surface area contributed by atoms with Crippen LogP contribution in [0.4, 0.5) is 0 Å².